The monoisotopic (exact) mass is 309 g/mol. The Morgan fingerprint density at radius 1 is 1.22 bits per heavy atom. The maximum Gasteiger partial charge on any atom is 0.299 e. The summed E-state index contributed by atoms with van der Waals surface area (Å²) in [7, 11) is 0. The number of para-hydroxylation sites is 1. The number of hydrogen-bond donors (Lipinski definition) is 0. The van der Waals surface area contributed by atoms with Gasteiger partial charge >= 0.3 is 0 Å². The van der Waals surface area contributed by atoms with Gasteiger partial charge in [0, 0.05) is 11.9 Å². The Morgan fingerprint density at radius 3 is 2.50 bits per heavy atom. The number of carbonyl (C=O) groups excluding carboxylic acids is 2. The minimum absolute atomic E-state index is 0.341. The van der Waals surface area contributed by atoms with Gasteiger partial charge in [-0.05, 0) is 24.0 Å². The smallest absolute Gasteiger partial charge is 0.299 e. The predicted molar refractivity (Wildman–Crippen MR) is 75.2 cm³/mol. The average Bonchev–Trinajstić information content (AvgIpc) is 2.60. The zero-order chi connectivity index (χ0) is 13.3. The first-order valence-corrected chi connectivity index (χ1v) is 7.19. The van der Waals surface area contributed by atoms with Crippen molar-refractivity contribution in [2.75, 3.05) is 16.8 Å². The van der Waals surface area contributed by atoms with Gasteiger partial charge in [-0.15, -0.1) is 0 Å². The van der Waals surface area contributed by atoms with Gasteiger partial charge in [-0.25, -0.2) is 0 Å². The van der Waals surface area contributed by atoms with E-state index in [0.29, 0.717) is 23.9 Å². The van der Waals surface area contributed by atoms with E-state index in [-0.39, 0.29) is 5.78 Å². The number of amides is 1. The molecule has 0 N–H and O–H groups in total. The number of Topliss-reactive ketones (excluding diaryl/α,β-unsaturated/α-hetero) is 1. The second-order valence-electron chi connectivity index (χ2n) is 4.92. The van der Waals surface area contributed by atoms with Crippen LogP contribution in [-0.4, -0.2) is 23.6 Å². The second-order valence-corrected chi connectivity index (χ2v) is 5.57. The number of rotatable bonds is 4. The Balaban J connectivity index is 2.29. The predicted octanol–water partition coefficient (Wildman–Crippen LogP) is 2.88. The van der Waals surface area contributed by atoms with Gasteiger partial charge in [0.2, 0.25) is 0 Å². The standard InChI is InChI=1S/C14H16BrNO2/c1-9(2)10(7-15)8-16-12-6-4-3-5-11(12)13(17)14(16)18/h3-6,9-10H,7-8H2,1-2H3. The van der Waals surface area contributed by atoms with Crippen LogP contribution in [0.5, 0.6) is 0 Å². The Hall–Kier alpha value is -1.16. The minimum Gasteiger partial charge on any atom is -0.304 e. The summed E-state index contributed by atoms with van der Waals surface area (Å²) in [4.78, 5) is 25.5. The first kappa shape index (κ1) is 13.3. The number of hydrogen-bond acceptors (Lipinski definition) is 2. The zero-order valence-electron chi connectivity index (χ0n) is 10.5. The molecule has 0 aliphatic carbocycles. The van der Waals surface area contributed by atoms with Gasteiger partial charge in [0.25, 0.3) is 11.7 Å². The van der Waals surface area contributed by atoms with Crippen molar-refractivity contribution in [3.05, 3.63) is 29.8 Å². The molecular formula is C14H16BrNO2. The summed E-state index contributed by atoms with van der Waals surface area (Å²) in [5.41, 5.74) is 1.28. The third kappa shape index (κ3) is 2.21. The number of nitrogens with zero attached hydrogens (tertiary/aromatic N) is 1. The molecule has 0 bridgehead atoms. The molecule has 4 heteroatoms. The van der Waals surface area contributed by atoms with Crippen molar-refractivity contribution in [1.82, 2.24) is 0 Å². The fourth-order valence-corrected chi connectivity index (χ4v) is 3.05. The van der Waals surface area contributed by atoms with Crippen LogP contribution in [0, 0.1) is 11.8 Å². The zero-order valence-corrected chi connectivity index (χ0v) is 12.1. The molecule has 1 aliphatic heterocycles. The molecule has 0 aromatic heterocycles. The molecule has 2 rings (SSSR count). The molecule has 1 unspecified atom stereocenters. The molecule has 1 aromatic carbocycles. The molecule has 18 heavy (non-hydrogen) atoms. The van der Waals surface area contributed by atoms with Crippen LogP contribution in [0.4, 0.5) is 5.69 Å². The number of alkyl halides is 1. The summed E-state index contributed by atoms with van der Waals surface area (Å²) in [6, 6.07) is 7.20. The highest BCUT2D eigenvalue weighted by Gasteiger charge is 2.36. The van der Waals surface area contributed by atoms with Crippen LogP contribution < -0.4 is 4.90 Å². The van der Waals surface area contributed by atoms with Crippen LogP contribution in [0.1, 0.15) is 24.2 Å². The van der Waals surface area contributed by atoms with Gasteiger partial charge < -0.3 is 4.90 Å². The van der Waals surface area contributed by atoms with Crippen LogP contribution in [0.3, 0.4) is 0 Å². The molecule has 96 valence electrons. The minimum atomic E-state index is -0.400. The van der Waals surface area contributed by atoms with Crippen LogP contribution in [-0.2, 0) is 4.79 Å². The van der Waals surface area contributed by atoms with Crippen LogP contribution in [0.2, 0.25) is 0 Å². The number of benzene rings is 1. The molecule has 0 spiro atoms. The SMILES string of the molecule is CC(C)C(CBr)CN1C(=O)C(=O)c2ccccc21. The molecule has 1 aliphatic rings. The number of anilines is 1. The van der Waals surface area contributed by atoms with Gasteiger partial charge in [-0.1, -0.05) is 41.9 Å². The van der Waals surface area contributed by atoms with Crippen molar-refractivity contribution < 1.29 is 9.59 Å². The Morgan fingerprint density at radius 2 is 1.89 bits per heavy atom. The van der Waals surface area contributed by atoms with Crippen molar-refractivity contribution >= 4 is 33.3 Å². The van der Waals surface area contributed by atoms with E-state index >= 15 is 0 Å². The maximum atomic E-state index is 12.0. The highest BCUT2D eigenvalue weighted by molar-refractivity contribution is 9.09. The highest BCUT2D eigenvalue weighted by Crippen LogP contribution is 2.30. The van der Waals surface area contributed by atoms with E-state index in [0.717, 1.165) is 11.0 Å². The van der Waals surface area contributed by atoms with E-state index in [9.17, 15) is 9.59 Å². The van der Waals surface area contributed by atoms with Gasteiger partial charge in [-0.2, -0.15) is 0 Å². The summed E-state index contributed by atoms with van der Waals surface area (Å²) in [6.07, 6.45) is 0. The summed E-state index contributed by atoms with van der Waals surface area (Å²) in [5, 5.41) is 0.824. The molecule has 1 atom stereocenters. The van der Waals surface area contributed by atoms with E-state index in [4.69, 9.17) is 0 Å². The molecule has 0 saturated carbocycles. The topological polar surface area (TPSA) is 37.4 Å². The van der Waals surface area contributed by atoms with Crippen LogP contribution in [0.15, 0.2) is 24.3 Å². The number of carbonyl (C=O) groups is 2. The fourth-order valence-electron chi connectivity index (χ4n) is 2.10. The third-order valence-corrected chi connectivity index (χ3v) is 4.27. The van der Waals surface area contributed by atoms with E-state index in [1.807, 2.05) is 12.1 Å². The Bertz CT molecular complexity index is 484. The lowest BCUT2D eigenvalue weighted by Gasteiger charge is -2.25. The number of halogens is 1. The van der Waals surface area contributed by atoms with Crippen molar-refractivity contribution in [1.29, 1.82) is 0 Å². The van der Waals surface area contributed by atoms with Gasteiger partial charge in [0.1, 0.15) is 0 Å². The quantitative estimate of drug-likeness (QED) is 0.633. The molecule has 0 radical (unpaired) electrons. The fraction of sp³-hybridized carbons (Fsp3) is 0.429. The lowest BCUT2D eigenvalue weighted by Crippen LogP contribution is -2.36. The van der Waals surface area contributed by atoms with Gasteiger partial charge in [0.15, 0.2) is 0 Å². The Labute approximate surface area is 115 Å². The molecule has 1 heterocycles. The van der Waals surface area contributed by atoms with E-state index in [2.05, 4.69) is 29.8 Å². The van der Waals surface area contributed by atoms with E-state index in [1.165, 1.54) is 0 Å². The maximum absolute atomic E-state index is 12.0. The first-order valence-electron chi connectivity index (χ1n) is 6.07. The number of fused-ring (bicyclic) bond motifs is 1. The molecule has 1 amide bonds. The van der Waals surface area contributed by atoms with Gasteiger partial charge in [-0.3, -0.25) is 9.59 Å². The number of ketones is 1. The van der Waals surface area contributed by atoms with Gasteiger partial charge in [0.05, 0.1) is 11.3 Å². The van der Waals surface area contributed by atoms with Crippen LogP contribution >= 0.6 is 15.9 Å². The molecule has 3 nitrogen and oxygen atoms in total. The summed E-state index contributed by atoms with van der Waals surface area (Å²) in [6.45, 7) is 4.84. The molecular weight excluding hydrogens is 294 g/mol. The van der Waals surface area contributed by atoms with E-state index in [1.54, 1.807) is 17.0 Å². The summed E-state index contributed by atoms with van der Waals surface area (Å²) in [5.74, 6) is 0.0124. The van der Waals surface area contributed by atoms with Crippen LogP contribution in [0.25, 0.3) is 0 Å². The normalized spacial score (nSPS) is 16.3. The third-order valence-electron chi connectivity index (χ3n) is 3.44. The first-order chi connectivity index (χ1) is 8.56. The molecule has 0 saturated heterocycles. The van der Waals surface area contributed by atoms with Crippen molar-refractivity contribution in [2.24, 2.45) is 11.8 Å². The highest BCUT2D eigenvalue weighted by atomic mass is 79.9. The summed E-state index contributed by atoms with van der Waals surface area (Å²) < 4.78 is 0. The average molecular weight is 310 g/mol. The lowest BCUT2D eigenvalue weighted by molar-refractivity contribution is -0.114. The largest absolute Gasteiger partial charge is 0.304 e. The van der Waals surface area contributed by atoms with Crippen molar-refractivity contribution in [2.45, 2.75) is 13.8 Å². The summed E-state index contributed by atoms with van der Waals surface area (Å²) >= 11 is 3.48. The molecule has 1 aromatic rings. The van der Waals surface area contributed by atoms with Crippen molar-refractivity contribution in [3.8, 4) is 0 Å². The Kier molecular flexibility index (Phi) is 3.85. The van der Waals surface area contributed by atoms with E-state index < -0.39 is 5.91 Å². The molecule has 0 fully saturated rings. The lowest BCUT2D eigenvalue weighted by atomic mass is 9.97. The second kappa shape index (κ2) is 5.22. The van der Waals surface area contributed by atoms with Crippen molar-refractivity contribution in [3.63, 3.8) is 0 Å².